The van der Waals surface area contributed by atoms with E-state index in [9.17, 15) is 23.2 Å². The highest BCUT2D eigenvalue weighted by Crippen LogP contribution is 2.38. The van der Waals surface area contributed by atoms with E-state index in [0.717, 1.165) is 38.3 Å². The van der Waals surface area contributed by atoms with Gasteiger partial charge >= 0.3 is 11.7 Å². The predicted octanol–water partition coefficient (Wildman–Crippen LogP) is 7.13. The van der Waals surface area contributed by atoms with Crippen LogP contribution < -0.4 is 21.9 Å². The highest BCUT2D eigenvalue weighted by Gasteiger charge is 2.25. The van der Waals surface area contributed by atoms with Gasteiger partial charge in [-0.05, 0) is 72.9 Å². The van der Waals surface area contributed by atoms with E-state index >= 15 is 0 Å². The topological polar surface area (TPSA) is 85.1 Å². The van der Waals surface area contributed by atoms with Crippen molar-refractivity contribution in [1.82, 2.24) is 14.5 Å². The predicted molar refractivity (Wildman–Crippen MR) is 179 cm³/mol. The Bertz CT molecular complexity index is 2120. The molecule has 2 aromatic heterocycles. The van der Waals surface area contributed by atoms with Crippen molar-refractivity contribution in [2.45, 2.75) is 26.3 Å². The number of carbonyl (C=O) groups excluding carboxylic acids is 1. The van der Waals surface area contributed by atoms with Crippen LogP contribution in [0.1, 0.15) is 23.6 Å². The first-order valence-corrected chi connectivity index (χ1v) is 15.7. The van der Waals surface area contributed by atoms with Crippen LogP contribution in [-0.2, 0) is 19.4 Å². The fourth-order valence-electron chi connectivity index (χ4n) is 5.48. The first-order chi connectivity index (χ1) is 22.4. The van der Waals surface area contributed by atoms with Gasteiger partial charge in [0.05, 0.1) is 17.6 Å². The van der Waals surface area contributed by atoms with Crippen molar-refractivity contribution in [3.63, 3.8) is 0 Å². The molecular weight excluding hydrogens is 606 g/mol. The number of para-hydroxylation sites is 1. The molecule has 232 valence electrons. The number of fused-ring (bicyclic) bond motifs is 1. The lowest BCUT2D eigenvalue weighted by Gasteiger charge is -2.14. The maximum atomic E-state index is 15.0. The second kappa shape index (κ2) is 13.3. The number of urea groups is 1. The van der Waals surface area contributed by atoms with Crippen LogP contribution in [0.2, 0.25) is 0 Å². The Morgan fingerprint density at radius 1 is 0.783 bits per heavy atom. The molecule has 0 saturated carbocycles. The number of aryl methyl sites for hydroxylation is 2. The first kappa shape index (κ1) is 30.7. The van der Waals surface area contributed by atoms with Crippen molar-refractivity contribution in [3.05, 3.63) is 152 Å². The van der Waals surface area contributed by atoms with Crippen molar-refractivity contribution in [1.29, 1.82) is 0 Å². The third-order valence-corrected chi connectivity index (χ3v) is 9.02. The van der Waals surface area contributed by atoms with E-state index in [1.54, 1.807) is 42.5 Å². The van der Waals surface area contributed by atoms with Gasteiger partial charge in [0.15, 0.2) is 0 Å². The van der Waals surface area contributed by atoms with Gasteiger partial charge in [0, 0.05) is 22.7 Å². The van der Waals surface area contributed by atoms with E-state index in [2.05, 4.69) is 10.6 Å². The number of amides is 2. The number of halogens is 2. The van der Waals surface area contributed by atoms with Crippen LogP contribution in [0.15, 0.2) is 113 Å². The molecule has 46 heavy (non-hydrogen) atoms. The molecule has 0 aliphatic carbocycles. The minimum Gasteiger partial charge on any atom is -0.338 e. The Kier molecular flexibility index (Phi) is 8.89. The van der Waals surface area contributed by atoms with Crippen molar-refractivity contribution >= 4 is 33.3 Å². The van der Waals surface area contributed by atoms with E-state index in [4.69, 9.17) is 0 Å². The van der Waals surface area contributed by atoms with Gasteiger partial charge in [-0.15, -0.1) is 11.3 Å². The van der Waals surface area contributed by atoms with Crippen LogP contribution in [0, 0.1) is 11.6 Å². The molecule has 0 fully saturated rings. The number of aromatic nitrogens is 2. The van der Waals surface area contributed by atoms with Crippen molar-refractivity contribution in [2.75, 3.05) is 11.9 Å². The molecule has 6 rings (SSSR count). The number of thiophene rings is 1. The molecular formula is C36H30F2N4O3S. The monoisotopic (exact) mass is 636 g/mol. The highest BCUT2D eigenvalue weighted by molar-refractivity contribution is 7.22. The van der Waals surface area contributed by atoms with E-state index in [-0.39, 0.29) is 11.6 Å². The average Bonchev–Trinajstić information content (AvgIpc) is 3.44. The average molecular weight is 637 g/mol. The summed E-state index contributed by atoms with van der Waals surface area (Å²) in [4.78, 5) is 41.6. The number of anilines is 1. The van der Waals surface area contributed by atoms with Gasteiger partial charge in [-0.1, -0.05) is 66.7 Å². The molecule has 10 heteroatoms. The van der Waals surface area contributed by atoms with Gasteiger partial charge in [0.1, 0.15) is 16.5 Å². The van der Waals surface area contributed by atoms with E-state index < -0.39 is 29.4 Å². The summed E-state index contributed by atoms with van der Waals surface area (Å²) < 4.78 is 32.3. The van der Waals surface area contributed by atoms with Gasteiger partial charge in [-0.25, -0.2) is 22.9 Å². The molecule has 6 aromatic rings. The van der Waals surface area contributed by atoms with Crippen LogP contribution >= 0.6 is 11.3 Å². The Hall–Kier alpha value is -5.35. The number of carbonyl (C=O) groups is 1. The molecule has 0 aliphatic heterocycles. The van der Waals surface area contributed by atoms with Gasteiger partial charge in [0.25, 0.3) is 5.56 Å². The summed E-state index contributed by atoms with van der Waals surface area (Å²) in [6, 6.07) is 28.8. The largest absolute Gasteiger partial charge is 0.338 e. The molecule has 0 spiro atoms. The zero-order chi connectivity index (χ0) is 32.2. The van der Waals surface area contributed by atoms with Crippen molar-refractivity contribution < 1.29 is 13.6 Å². The third kappa shape index (κ3) is 6.12. The van der Waals surface area contributed by atoms with Crippen LogP contribution in [-0.4, -0.2) is 21.7 Å². The quantitative estimate of drug-likeness (QED) is 0.177. The maximum Gasteiger partial charge on any atom is 0.337 e. The van der Waals surface area contributed by atoms with Crippen LogP contribution in [0.5, 0.6) is 0 Å². The van der Waals surface area contributed by atoms with Gasteiger partial charge < -0.3 is 10.6 Å². The lowest BCUT2D eigenvalue weighted by Crippen LogP contribution is -2.39. The summed E-state index contributed by atoms with van der Waals surface area (Å²) in [6.45, 7) is 1.90. The molecule has 2 amide bonds. The zero-order valence-electron chi connectivity index (χ0n) is 24.9. The maximum absolute atomic E-state index is 15.0. The summed E-state index contributed by atoms with van der Waals surface area (Å²) >= 11 is 1.23. The Morgan fingerprint density at radius 3 is 2.09 bits per heavy atom. The SMILES string of the molecule is CCNC(=O)Nc1ccc(-c2sc3c(c2CCc2ccccc2)c(=O)n(-c2ccccc2)c(=O)n3Cc2c(F)cccc2F)cc1. The molecule has 2 heterocycles. The van der Waals surface area contributed by atoms with E-state index in [1.807, 2.05) is 49.4 Å². The fraction of sp³-hybridized carbons (Fsp3) is 0.139. The second-order valence-corrected chi connectivity index (χ2v) is 11.7. The smallest absolute Gasteiger partial charge is 0.337 e. The fourth-order valence-corrected chi connectivity index (χ4v) is 6.82. The lowest BCUT2D eigenvalue weighted by molar-refractivity contribution is 0.252. The number of nitrogens with zero attached hydrogens (tertiary/aromatic N) is 2. The Labute approximate surface area is 267 Å². The molecule has 2 N–H and O–H groups in total. The van der Waals surface area contributed by atoms with Crippen molar-refractivity contribution in [2.24, 2.45) is 0 Å². The van der Waals surface area contributed by atoms with Gasteiger partial charge in [0.2, 0.25) is 0 Å². The summed E-state index contributed by atoms with van der Waals surface area (Å²) in [7, 11) is 0. The lowest BCUT2D eigenvalue weighted by atomic mass is 10.00. The minimum absolute atomic E-state index is 0.272. The first-order valence-electron chi connectivity index (χ1n) is 14.8. The van der Waals surface area contributed by atoms with Gasteiger partial charge in [-0.2, -0.15) is 0 Å². The van der Waals surface area contributed by atoms with Crippen LogP contribution in [0.25, 0.3) is 26.3 Å². The molecule has 0 bridgehead atoms. The number of hydrogen-bond donors (Lipinski definition) is 2. The minimum atomic E-state index is -0.784. The third-order valence-electron chi connectivity index (χ3n) is 7.71. The number of nitrogens with one attached hydrogen (secondary N) is 2. The molecule has 4 aromatic carbocycles. The molecule has 0 unspecified atom stereocenters. The molecule has 7 nitrogen and oxygen atoms in total. The molecule has 0 atom stereocenters. The molecule has 0 saturated heterocycles. The Morgan fingerprint density at radius 2 is 1.43 bits per heavy atom. The summed E-state index contributed by atoms with van der Waals surface area (Å²) in [5, 5.41) is 5.80. The highest BCUT2D eigenvalue weighted by atomic mass is 32.1. The zero-order valence-corrected chi connectivity index (χ0v) is 25.7. The standard InChI is InChI=1S/C36H30F2N4O3S/c1-2-39-35(44)40-25-19-17-24(18-20-25)32-27(21-16-23-10-5-3-6-11-23)31-33(43)42(26-12-7-4-8-13-26)36(45)41(34(31)46-32)22-28-29(37)14-9-15-30(28)38/h3-15,17-20H,2,16,21-22H2,1H3,(H2,39,40,44). The number of benzene rings is 4. The summed E-state index contributed by atoms with van der Waals surface area (Å²) in [6.07, 6.45) is 1.08. The summed E-state index contributed by atoms with van der Waals surface area (Å²) in [5.41, 5.74) is 2.03. The van der Waals surface area contributed by atoms with Gasteiger partial charge in [-0.3, -0.25) is 9.36 Å². The second-order valence-electron chi connectivity index (χ2n) is 10.7. The number of rotatable bonds is 9. The summed E-state index contributed by atoms with van der Waals surface area (Å²) in [5.74, 6) is -1.57. The Balaban J connectivity index is 1.60. The van der Waals surface area contributed by atoms with Crippen LogP contribution in [0.3, 0.4) is 0 Å². The van der Waals surface area contributed by atoms with Crippen LogP contribution in [0.4, 0.5) is 19.3 Å². The normalized spacial score (nSPS) is 11.1. The molecule has 0 radical (unpaired) electrons. The van der Waals surface area contributed by atoms with E-state index in [0.29, 0.717) is 41.0 Å². The van der Waals surface area contributed by atoms with E-state index in [1.165, 1.54) is 22.0 Å². The molecule has 0 aliphatic rings. The van der Waals surface area contributed by atoms with Crippen molar-refractivity contribution in [3.8, 4) is 16.1 Å². The number of hydrogen-bond acceptors (Lipinski definition) is 4.